The van der Waals surface area contributed by atoms with Crippen molar-refractivity contribution in [1.29, 1.82) is 0 Å². The quantitative estimate of drug-likeness (QED) is 0.180. The molecule has 0 heterocycles. The molecule has 0 atom stereocenters. The number of hydrogen-bond acceptors (Lipinski definition) is 5. The summed E-state index contributed by atoms with van der Waals surface area (Å²) in [6.07, 6.45) is 0. The molecule has 0 saturated heterocycles. The van der Waals surface area contributed by atoms with Crippen LogP contribution in [-0.2, 0) is 4.57 Å². The number of carbonyl (C=O) groups is 2. The fraction of sp³-hybridized carbons (Fsp3) is 0. The Balaban J connectivity index is 1.41. The van der Waals surface area contributed by atoms with Gasteiger partial charge in [-0.1, -0.05) is 53.9 Å². The first-order valence-corrected chi connectivity index (χ1v) is 15.6. The molecule has 0 amide bonds. The monoisotopic (exact) mass is 582 g/mol. The minimum Gasteiger partial charge on any atom is -0.478 e. The van der Waals surface area contributed by atoms with Crippen LogP contribution in [0.2, 0.25) is 0 Å². The van der Waals surface area contributed by atoms with E-state index in [9.17, 15) is 14.2 Å². The zero-order valence-electron chi connectivity index (χ0n) is 21.0. The molecular weight excluding hydrogens is 559 g/mol. The van der Waals surface area contributed by atoms with Gasteiger partial charge in [-0.2, -0.15) is 0 Å². The summed E-state index contributed by atoms with van der Waals surface area (Å²) < 4.78 is 14.8. The van der Waals surface area contributed by atoms with Gasteiger partial charge in [0.05, 0.1) is 11.1 Å². The largest absolute Gasteiger partial charge is 0.478 e. The first-order chi connectivity index (χ1) is 19.3. The molecule has 0 saturated carbocycles. The third kappa shape index (κ3) is 6.07. The molecule has 0 aliphatic rings. The minimum absolute atomic E-state index is 0.240. The molecule has 40 heavy (non-hydrogen) atoms. The van der Waals surface area contributed by atoms with Crippen LogP contribution in [0.1, 0.15) is 20.7 Å². The van der Waals surface area contributed by atoms with Crippen LogP contribution in [0.4, 0.5) is 0 Å². The van der Waals surface area contributed by atoms with Crippen LogP contribution < -0.4 is 15.9 Å². The minimum atomic E-state index is -3.17. The third-order valence-corrected chi connectivity index (χ3v) is 11.3. The van der Waals surface area contributed by atoms with E-state index in [0.717, 1.165) is 24.9 Å². The smallest absolute Gasteiger partial charge is 0.335 e. The van der Waals surface area contributed by atoms with Crippen molar-refractivity contribution >= 4 is 58.5 Å². The topological polar surface area (TPSA) is 91.7 Å². The van der Waals surface area contributed by atoms with E-state index < -0.39 is 19.1 Å². The lowest BCUT2D eigenvalue weighted by molar-refractivity contribution is 0.0686. The van der Waals surface area contributed by atoms with Gasteiger partial charge in [0.15, 0.2) is 7.14 Å². The average molecular weight is 583 g/mol. The Hall–Kier alpha value is -4.03. The van der Waals surface area contributed by atoms with E-state index >= 15 is 0 Å². The summed E-state index contributed by atoms with van der Waals surface area (Å²) in [5.41, 5.74) is 0.480. The Bertz CT molecular complexity index is 1580. The second kappa shape index (κ2) is 12.0. The predicted octanol–water partition coefficient (Wildman–Crippen LogP) is 7.02. The highest BCUT2D eigenvalue weighted by Gasteiger charge is 2.29. The van der Waals surface area contributed by atoms with Crippen LogP contribution in [0.15, 0.2) is 147 Å². The maximum atomic E-state index is 14.8. The molecule has 2 N–H and O–H groups in total. The van der Waals surface area contributed by atoms with Gasteiger partial charge >= 0.3 is 11.9 Å². The highest BCUT2D eigenvalue weighted by atomic mass is 32.2. The average Bonchev–Trinajstić information content (AvgIpc) is 2.98. The van der Waals surface area contributed by atoms with Crippen molar-refractivity contribution in [1.82, 2.24) is 0 Å². The van der Waals surface area contributed by atoms with Gasteiger partial charge in [0, 0.05) is 35.5 Å². The van der Waals surface area contributed by atoms with E-state index in [4.69, 9.17) is 10.2 Å². The Labute approximate surface area is 240 Å². The number of aromatic carboxylic acids is 2. The van der Waals surface area contributed by atoms with Crippen LogP contribution in [0.25, 0.3) is 0 Å². The lowest BCUT2D eigenvalue weighted by Crippen LogP contribution is -2.24. The highest BCUT2D eigenvalue weighted by Crippen LogP contribution is 2.43. The highest BCUT2D eigenvalue weighted by molar-refractivity contribution is 7.99. The molecule has 0 unspecified atom stereocenters. The fourth-order valence-electron chi connectivity index (χ4n) is 4.14. The zero-order valence-corrected chi connectivity index (χ0v) is 23.5. The first kappa shape index (κ1) is 27.5. The summed E-state index contributed by atoms with van der Waals surface area (Å²) >= 11 is 3.01. The van der Waals surface area contributed by atoms with Gasteiger partial charge in [-0.15, -0.1) is 0 Å². The number of hydrogen-bond donors (Lipinski definition) is 2. The molecule has 0 aromatic heterocycles. The summed E-state index contributed by atoms with van der Waals surface area (Å²) in [4.78, 5) is 26.0. The lowest BCUT2D eigenvalue weighted by atomic mass is 10.2. The predicted molar refractivity (Wildman–Crippen MR) is 161 cm³/mol. The maximum absolute atomic E-state index is 14.8. The van der Waals surface area contributed by atoms with Gasteiger partial charge in [-0.05, 0) is 97.1 Å². The summed E-state index contributed by atoms with van der Waals surface area (Å²) in [6.45, 7) is 0. The van der Waals surface area contributed by atoms with Crippen molar-refractivity contribution in [2.75, 3.05) is 0 Å². The molecule has 5 nitrogen and oxygen atoms in total. The van der Waals surface area contributed by atoms with E-state index in [0.29, 0.717) is 10.6 Å². The molecule has 0 bridgehead atoms. The van der Waals surface area contributed by atoms with Gasteiger partial charge in [-0.3, -0.25) is 0 Å². The van der Waals surface area contributed by atoms with Crippen LogP contribution in [0.3, 0.4) is 0 Å². The molecule has 0 fully saturated rings. The molecule has 198 valence electrons. The van der Waals surface area contributed by atoms with E-state index in [2.05, 4.69) is 0 Å². The Morgan fingerprint density at radius 2 is 0.750 bits per heavy atom. The van der Waals surface area contributed by atoms with Gasteiger partial charge in [0.25, 0.3) is 0 Å². The van der Waals surface area contributed by atoms with Gasteiger partial charge in [0.2, 0.25) is 0 Å². The third-order valence-electron chi connectivity index (χ3n) is 6.19. The van der Waals surface area contributed by atoms with Crippen LogP contribution in [0.5, 0.6) is 0 Å². The van der Waals surface area contributed by atoms with Crippen LogP contribution in [-0.4, -0.2) is 22.2 Å². The Morgan fingerprint density at radius 3 is 1.07 bits per heavy atom. The molecule has 5 aromatic rings. The summed E-state index contributed by atoms with van der Waals surface area (Å²) in [5.74, 6) is -1.92. The first-order valence-electron chi connectivity index (χ1n) is 12.2. The number of carboxylic acids is 2. The molecule has 0 aliphatic heterocycles. The number of carboxylic acid groups (broad SMARTS) is 2. The normalized spacial score (nSPS) is 11.2. The van der Waals surface area contributed by atoms with Crippen molar-refractivity contribution in [2.45, 2.75) is 19.6 Å². The maximum Gasteiger partial charge on any atom is 0.335 e. The van der Waals surface area contributed by atoms with E-state index in [-0.39, 0.29) is 11.1 Å². The standard InChI is InChI=1S/C32H23O5PS2/c33-31(34)22-6-14-27(15-7-22)39-29-18-10-25(11-19-29)38(37,24-4-2-1-3-5-24)26-12-20-30(21-13-26)40-28-16-8-23(9-17-28)32(35)36/h1-21H,(H,33,34)(H,35,36). The number of rotatable bonds is 9. The van der Waals surface area contributed by atoms with E-state index in [1.165, 1.54) is 23.5 Å². The molecular formula is C32H23O5PS2. The van der Waals surface area contributed by atoms with E-state index in [1.807, 2.05) is 78.9 Å². The summed E-state index contributed by atoms with van der Waals surface area (Å²) in [5, 5.41) is 20.4. The Kier molecular flexibility index (Phi) is 8.27. The van der Waals surface area contributed by atoms with Crippen molar-refractivity contribution in [3.8, 4) is 0 Å². The van der Waals surface area contributed by atoms with Crippen molar-refractivity contribution in [3.05, 3.63) is 139 Å². The van der Waals surface area contributed by atoms with Gasteiger partial charge in [0.1, 0.15) is 0 Å². The van der Waals surface area contributed by atoms with Crippen LogP contribution >= 0.6 is 30.7 Å². The lowest BCUT2D eigenvalue weighted by Gasteiger charge is -2.20. The van der Waals surface area contributed by atoms with Gasteiger partial charge in [-0.25, -0.2) is 9.59 Å². The second-order valence-corrected chi connectivity index (χ2v) is 13.9. The number of benzene rings is 5. The SMILES string of the molecule is O=C(O)c1ccc(Sc2ccc(P(=O)(c3ccccc3)c3ccc(Sc4ccc(C(=O)O)cc4)cc3)cc2)cc1. The Morgan fingerprint density at radius 1 is 0.450 bits per heavy atom. The van der Waals surface area contributed by atoms with Crippen molar-refractivity contribution in [3.63, 3.8) is 0 Å². The summed E-state index contributed by atoms with van der Waals surface area (Å²) in [7, 11) is -3.17. The zero-order chi connectivity index (χ0) is 28.1. The summed E-state index contributed by atoms with van der Waals surface area (Å²) in [6, 6.07) is 38.2. The molecule has 0 aliphatic carbocycles. The van der Waals surface area contributed by atoms with Crippen molar-refractivity contribution < 1.29 is 24.4 Å². The van der Waals surface area contributed by atoms with Crippen molar-refractivity contribution in [2.24, 2.45) is 0 Å². The molecule has 5 rings (SSSR count). The fourth-order valence-corrected chi connectivity index (χ4v) is 8.39. The molecule has 0 spiro atoms. The van der Waals surface area contributed by atoms with Crippen LogP contribution in [0, 0.1) is 0 Å². The molecule has 0 radical (unpaired) electrons. The van der Waals surface area contributed by atoms with E-state index in [1.54, 1.807) is 48.5 Å². The molecule has 5 aromatic carbocycles. The van der Waals surface area contributed by atoms with Gasteiger partial charge < -0.3 is 14.8 Å². The second-order valence-electron chi connectivity index (χ2n) is 8.80. The molecule has 8 heteroatoms.